The van der Waals surface area contributed by atoms with Crippen LogP contribution in [-0.2, 0) is 31.6 Å². The summed E-state index contributed by atoms with van der Waals surface area (Å²) >= 11 is 0.800. The number of alkyl halides is 3. The van der Waals surface area contributed by atoms with Crippen molar-refractivity contribution in [1.29, 1.82) is 0 Å². The number of benzene rings is 1. The van der Waals surface area contributed by atoms with E-state index in [0.29, 0.717) is 6.07 Å². The Morgan fingerprint density at radius 1 is 1.15 bits per heavy atom. The maximum Gasteiger partial charge on any atom is 0.422 e. The number of fused-ring (bicyclic) bond motifs is 1. The van der Waals surface area contributed by atoms with Crippen molar-refractivity contribution in [3.8, 4) is 11.3 Å². The molecule has 0 saturated heterocycles. The summed E-state index contributed by atoms with van der Waals surface area (Å²) in [4.78, 5) is 40.8. The first-order chi connectivity index (χ1) is 15.9. The number of anilines is 1. The highest BCUT2D eigenvalue weighted by Crippen LogP contribution is 2.38. The molecule has 1 amide bonds. The van der Waals surface area contributed by atoms with Crippen molar-refractivity contribution in [2.45, 2.75) is 12.7 Å². The van der Waals surface area contributed by atoms with Gasteiger partial charge >= 0.3 is 11.9 Å². The number of carbonyl (C=O) groups excluding carboxylic acids is 1. The fourth-order valence-corrected chi connectivity index (χ4v) is 4.02. The zero-order valence-electron chi connectivity index (χ0n) is 17.3. The minimum Gasteiger partial charge on any atom is -0.300 e. The lowest BCUT2D eigenvalue weighted by Crippen LogP contribution is -2.37. The Kier molecular flexibility index (Phi) is 5.59. The van der Waals surface area contributed by atoms with Crippen LogP contribution in [0.4, 0.5) is 27.1 Å². The normalized spacial score (nSPS) is 11.9. The van der Waals surface area contributed by atoms with Crippen LogP contribution in [0.2, 0.25) is 0 Å². The number of hydrogen-bond acceptors (Lipinski definition) is 6. The van der Waals surface area contributed by atoms with Gasteiger partial charge in [-0.1, -0.05) is 0 Å². The molecule has 4 rings (SSSR count). The number of carbonyl (C=O) groups is 1. The van der Waals surface area contributed by atoms with Gasteiger partial charge in [-0.2, -0.15) is 18.3 Å². The van der Waals surface area contributed by atoms with Gasteiger partial charge in [-0.15, -0.1) is 11.3 Å². The second-order valence-electron chi connectivity index (χ2n) is 7.11. The van der Waals surface area contributed by atoms with E-state index in [0.717, 1.165) is 26.7 Å². The molecule has 9 nitrogen and oxygen atoms in total. The van der Waals surface area contributed by atoms with Gasteiger partial charge in [0, 0.05) is 25.0 Å². The summed E-state index contributed by atoms with van der Waals surface area (Å²) in [5, 5.41) is 7.46. The smallest absolute Gasteiger partial charge is 0.300 e. The highest BCUT2D eigenvalue weighted by Gasteiger charge is 2.39. The van der Waals surface area contributed by atoms with Gasteiger partial charge in [-0.05, 0) is 12.1 Å². The predicted octanol–water partition coefficient (Wildman–Crippen LogP) is 2.49. The number of hydrogen-bond donors (Lipinski definition) is 1. The zero-order valence-corrected chi connectivity index (χ0v) is 18.1. The number of amides is 1. The van der Waals surface area contributed by atoms with Crippen LogP contribution in [0.1, 0.15) is 5.56 Å². The van der Waals surface area contributed by atoms with Gasteiger partial charge in [-0.3, -0.25) is 18.7 Å². The van der Waals surface area contributed by atoms with Gasteiger partial charge < -0.3 is 5.32 Å². The van der Waals surface area contributed by atoms with Crippen molar-refractivity contribution < 1.29 is 26.7 Å². The molecule has 1 N–H and O–H groups in total. The van der Waals surface area contributed by atoms with E-state index in [9.17, 15) is 36.3 Å². The van der Waals surface area contributed by atoms with Crippen molar-refractivity contribution in [1.82, 2.24) is 23.9 Å². The first kappa shape index (κ1) is 23.3. The van der Waals surface area contributed by atoms with Gasteiger partial charge in [0.1, 0.15) is 23.7 Å². The quantitative estimate of drug-likeness (QED) is 0.434. The molecule has 3 heterocycles. The van der Waals surface area contributed by atoms with E-state index < -0.39 is 52.6 Å². The first-order valence-electron chi connectivity index (χ1n) is 9.32. The molecule has 4 aromatic rings. The molecule has 0 unspecified atom stereocenters. The molecule has 0 radical (unpaired) electrons. The molecule has 0 fully saturated rings. The summed E-state index contributed by atoms with van der Waals surface area (Å²) in [5.41, 5.74) is -3.88. The fourth-order valence-electron chi connectivity index (χ4n) is 3.29. The molecule has 0 spiro atoms. The van der Waals surface area contributed by atoms with E-state index >= 15 is 0 Å². The topological polar surface area (TPSA) is 104 Å². The highest BCUT2D eigenvalue weighted by atomic mass is 32.1. The SMILES string of the molecule is Cn1c(=O)c2c(cnn2CC(=O)Nc2nc(-c3ccc(F)c(C(F)(F)F)c3F)cs2)n(C)c1=O. The summed E-state index contributed by atoms with van der Waals surface area (Å²) in [6.07, 6.45) is -3.99. The summed E-state index contributed by atoms with van der Waals surface area (Å²) in [7, 11) is 2.71. The van der Waals surface area contributed by atoms with E-state index in [1.807, 2.05) is 0 Å². The molecule has 0 aliphatic heterocycles. The van der Waals surface area contributed by atoms with Crippen LogP contribution < -0.4 is 16.6 Å². The molecular formula is C19H13F5N6O3S. The van der Waals surface area contributed by atoms with Crippen molar-refractivity contribution in [3.05, 3.63) is 61.7 Å². The van der Waals surface area contributed by atoms with Crippen LogP contribution in [-0.4, -0.2) is 29.8 Å². The molecule has 3 aromatic heterocycles. The lowest BCUT2D eigenvalue weighted by atomic mass is 10.1. The summed E-state index contributed by atoms with van der Waals surface area (Å²) in [6, 6.07) is 1.30. The molecule has 15 heteroatoms. The number of nitrogens with zero attached hydrogens (tertiary/aromatic N) is 5. The second kappa shape index (κ2) is 8.16. The Morgan fingerprint density at radius 3 is 2.53 bits per heavy atom. The first-order valence-corrected chi connectivity index (χ1v) is 10.2. The van der Waals surface area contributed by atoms with Crippen LogP contribution in [0.3, 0.4) is 0 Å². The number of thiazole rings is 1. The average Bonchev–Trinajstić information content (AvgIpc) is 3.37. The van der Waals surface area contributed by atoms with Crippen LogP contribution >= 0.6 is 11.3 Å². The van der Waals surface area contributed by atoms with E-state index in [4.69, 9.17) is 0 Å². The molecule has 178 valence electrons. The molecule has 0 aliphatic carbocycles. The van der Waals surface area contributed by atoms with Crippen molar-refractivity contribution in [2.75, 3.05) is 5.32 Å². The van der Waals surface area contributed by atoms with Crippen molar-refractivity contribution in [2.24, 2.45) is 14.1 Å². The monoisotopic (exact) mass is 500 g/mol. The third kappa shape index (κ3) is 3.87. The predicted molar refractivity (Wildman–Crippen MR) is 111 cm³/mol. The van der Waals surface area contributed by atoms with Crippen molar-refractivity contribution >= 4 is 33.4 Å². The van der Waals surface area contributed by atoms with Gasteiger partial charge in [0.05, 0.1) is 17.4 Å². The Morgan fingerprint density at radius 2 is 1.85 bits per heavy atom. The number of nitrogens with one attached hydrogen (secondary N) is 1. The largest absolute Gasteiger partial charge is 0.422 e. The number of aryl methyl sites for hydroxylation is 1. The minimum atomic E-state index is -5.25. The number of rotatable bonds is 4. The Hall–Kier alpha value is -3.88. The average molecular weight is 500 g/mol. The third-order valence-corrected chi connectivity index (χ3v) is 5.71. The standard InChI is InChI=1S/C19H13F5N6O3S/c1-28-11-5-25-30(15(11)16(32)29(2)18(28)33)6-12(31)27-17-26-10(7-34-17)8-3-4-9(20)13(14(8)21)19(22,23)24/h3-5,7H,6H2,1-2H3,(H,26,27,31). The third-order valence-electron chi connectivity index (χ3n) is 4.96. The maximum absolute atomic E-state index is 14.4. The summed E-state index contributed by atoms with van der Waals surface area (Å²) in [6.45, 7) is -0.449. The van der Waals surface area contributed by atoms with Crippen LogP contribution in [0.5, 0.6) is 0 Å². The Labute approximate surface area is 189 Å². The summed E-state index contributed by atoms with van der Waals surface area (Å²) < 4.78 is 69.9. The van der Waals surface area contributed by atoms with E-state index in [-0.39, 0.29) is 21.9 Å². The summed E-state index contributed by atoms with van der Waals surface area (Å²) in [5.74, 6) is -4.27. The van der Waals surface area contributed by atoms with Gasteiger partial charge in [-0.25, -0.2) is 23.2 Å². The molecular weight excluding hydrogens is 487 g/mol. The Balaban J connectivity index is 1.59. The molecule has 0 bridgehead atoms. The molecule has 0 saturated carbocycles. The van der Waals surface area contributed by atoms with E-state index in [1.165, 1.54) is 30.2 Å². The number of halogens is 5. The molecule has 34 heavy (non-hydrogen) atoms. The zero-order chi connectivity index (χ0) is 24.9. The van der Waals surface area contributed by atoms with E-state index in [2.05, 4.69) is 15.4 Å². The van der Waals surface area contributed by atoms with Gasteiger partial charge in [0.2, 0.25) is 5.91 Å². The van der Waals surface area contributed by atoms with Crippen LogP contribution in [0, 0.1) is 11.6 Å². The molecule has 0 aliphatic rings. The number of aromatic nitrogens is 5. The van der Waals surface area contributed by atoms with Crippen LogP contribution in [0.25, 0.3) is 22.3 Å². The second-order valence-corrected chi connectivity index (χ2v) is 7.97. The lowest BCUT2D eigenvalue weighted by molar-refractivity contribution is -0.142. The minimum absolute atomic E-state index is 0.00708. The van der Waals surface area contributed by atoms with Crippen molar-refractivity contribution in [3.63, 3.8) is 0 Å². The molecule has 0 atom stereocenters. The van der Waals surface area contributed by atoms with Crippen LogP contribution in [0.15, 0.2) is 33.3 Å². The molecule has 1 aromatic carbocycles. The van der Waals surface area contributed by atoms with Gasteiger partial charge in [0.15, 0.2) is 10.6 Å². The Bertz CT molecular complexity index is 1570. The lowest BCUT2D eigenvalue weighted by Gasteiger charge is -2.11. The highest BCUT2D eigenvalue weighted by molar-refractivity contribution is 7.14. The van der Waals surface area contributed by atoms with Gasteiger partial charge in [0.25, 0.3) is 5.56 Å². The fraction of sp³-hybridized carbons (Fsp3) is 0.211. The van der Waals surface area contributed by atoms with E-state index in [1.54, 1.807) is 0 Å². The maximum atomic E-state index is 14.4.